The maximum atomic E-state index is 4.37. The van der Waals surface area contributed by atoms with Crippen molar-refractivity contribution in [1.82, 2.24) is 29.5 Å². The summed E-state index contributed by atoms with van der Waals surface area (Å²) in [4.78, 5) is 6.49. The van der Waals surface area contributed by atoms with Gasteiger partial charge in [-0.2, -0.15) is 0 Å². The van der Waals surface area contributed by atoms with E-state index in [1.807, 2.05) is 14.1 Å². The Balaban J connectivity index is 1.61. The van der Waals surface area contributed by atoms with Crippen LogP contribution in [0.2, 0.25) is 0 Å². The topological polar surface area (TPSA) is 63.3 Å². The Labute approximate surface area is 137 Å². The number of nitrogens with zero attached hydrogens (tertiary/aromatic N) is 6. The summed E-state index contributed by atoms with van der Waals surface area (Å²) in [6.45, 7) is 2.48. The van der Waals surface area contributed by atoms with Crippen LogP contribution >= 0.6 is 0 Å². The van der Waals surface area contributed by atoms with Crippen LogP contribution in [-0.2, 0) is 33.1 Å². The molecule has 0 amide bonds. The van der Waals surface area contributed by atoms with Crippen LogP contribution < -0.4 is 5.32 Å². The van der Waals surface area contributed by atoms with Crippen LogP contribution in [0.15, 0.2) is 23.3 Å². The molecule has 3 heterocycles. The first-order valence-electron chi connectivity index (χ1n) is 8.12. The quantitative estimate of drug-likeness (QED) is 0.679. The molecule has 0 aromatic carbocycles. The fraction of sp³-hybridized carbons (Fsp3) is 0.562. The fourth-order valence-corrected chi connectivity index (χ4v) is 3.02. The van der Waals surface area contributed by atoms with Crippen LogP contribution in [0.1, 0.15) is 30.2 Å². The number of hydrogen-bond donors (Lipinski definition) is 1. The second-order valence-electron chi connectivity index (χ2n) is 6.01. The zero-order valence-electron chi connectivity index (χ0n) is 14.2. The molecule has 0 spiro atoms. The van der Waals surface area contributed by atoms with Crippen molar-refractivity contribution in [2.24, 2.45) is 12.0 Å². The van der Waals surface area contributed by atoms with Gasteiger partial charge in [-0.05, 0) is 25.0 Å². The van der Waals surface area contributed by atoms with E-state index in [1.54, 1.807) is 0 Å². The highest BCUT2D eigenvalue weighted by Crippen LogP contribution is 2.14. The molecule has 0 bridgehead atoms. The van der Waals surface area contributed by atoms with Gasteiger partial charge in [-0.1, -0.05) is 0 Å². The van der Waals surface area contributed by atoms with E-state index in [2.05, 4.69) is 59.9 Å². The Kier molecular flexibility index (Phi) is 4.64. The molecule has 0 unspecified atom stereocenters. The summed E-state index contributed by atoms with van der Waals surface area (Å²) in [5, 5.41) is 12.0. The molecule has 23 heavy (non-hydrogen) atoms. The van der Waals surface area contributed by atoms with E-state index < -0.39 is 0 Å². The Morgan fingerprint density at radius 3 is 3.00 bits per heavy atom. The van der Waals surface area contributed by atoms with E-state index in [1.165, 1.54) is 18.5 Å². The van der Waals surface area contributed by atoms with Gasteiger partial charge in [0, 0.05) is 46.0 Å². The molecule has 0 radical (unpaired) electrons. The maximum Gasteiger partial charge on any atom is 0.194 e. The first-order valence-corrected chi connectivity index (χ1v) is 8.12. The van der Waals surface area contributed by atoms with Crippen LogP contribution in [0, 0.1) is 0 Å². The van der Waals surface area contributed by atoms with Gasteiger partial charge < -0.3 is 19.4 Å². The van der Waals surface area contributed by atoms with Crippen molar-refractivity contribution in [3.63, 3.8) is 0 Å². The summed E-state index contributed by atoms with van der Waals surface area (Å²) in [7, 11) is 5.91. The van der Waals surface area contributed by atoms with Gasteiger partial charge in [0.25, 0.3) is 0 Å². The number of aromatic nitrogens is 4. The fourth-order valence-electron chi connectivity index (χ4n) is 3.02. The van der Waals surface area contributed by atoms with E-state index in [4.69, 9.17) is 0 Å². The summed E-state index contributed by atoms with van der Waals surface area (Å²) in [6.07, 6.45) is 5.52. The molecule has 7 nitrogen and oxygen atoms in total. The largest absolute Gasteiger partial charge is 0.353 e. The molecule has 0 saturated carbocycles. The lowest BCUT2D eigenvalue weighted by atomic mass is 10.2. The molecule has 1 aliphatic rings. The molecule has 0 atom stereocenters. The van der Waals surface area contributed by atoms with Gasteiger partial charge in [-0.25, -0.2) is 0 Å². The molecule has 3 rings (SSSR count). The molecule has 0 aliphatic carbocycles. The van der Waals surface area contributed by atoms with Crippen molar-refractivity contribution in [3.05, 3.63) is 35.7 Å². The minimum atomic E-state index is 0.650. The second kappa shape index (κ2) is 6.85. The number of rotatable bonds is 4. The maximum absolute atomic E-state index is 4.37. The Hall–Kier alpha value is -2.31. The third-order valence-electron chi connectivity index (χ3n) is 4.36. The van der Waals surface area contributed by atoms with E-state index in [-0.39, 0.29) is 0 Å². The van der Waals surface area contributed by atoms with Crippen molar-refractivity contribution >= 4 is 5.96 Å². The number of hydrogen-bond acceptors (Lipinski definition) is 3. The van der Waals surface area contributed by atoms with Crippen molar-refractivity contribution in [2.75, 3.05) is 14.1 Å². The van der Waals surface area contributed by atoms with Gasteiger partial charge in [-0.15, -0.1) is 10.2 Å². The first-order chi connectivity index (χ1) is 11.2. The predicted octanol–water partition coefficient (Wildman–Crippen LogP) is 1.16. The van der Waals surface area contributed by atoms with Crippen molar-refractivity contribution in [1.29, 1.82) is 0 Å². The number of aryl methyl sites for hydroxylation is 2. The Morgan fingerprint density at radius 2 is 2.26 bits per heavy atom. The van der Waals surface area contributed by atoms with Crippen LogP contribution in [0.5, 0.6) is 0 Å². The third-order valence-corrected chi connectivity index (χ3v) is 4.36. The molecule has 1 aliphatic heterocycles. The number of nitrogens with one attached hydrogen (secondary N) is 1. The van der Waals surface area contributed by atoms with Crippen LogP contribution in [0.25, 0.3) is 0 Å². The number of guanidine groups is 1. The summed E-state index contributed by atoms with van der Waals surface area (Å²) in [6, 6.07) is 4.18. The summed E-state index contributed by atoms with van der Waals surface area (Å²) < 4.78 is 4.36. The summed E-state index contributed by atoms with van der Waals surface area (Å²) in [5.41, 5.74) is 1.25. The highest BCUT2D eigenvalue weighted by atomic mass is 15.3. The lowest BCUT2D eigenvalue weighted by Crippen LogP contribution is -2.39. The van der Waals surface area contributed by atoms with E-state index in [9.17, 15) is 0 Å². The smallest absolute Gasteiger partial charge is 0.194 e. The van der Waals surface area contributed by atoms with E-state index in [0.717, 1.165) is 37.1 Å². The van der Waals surface area contributed by atoms with Gasteiger partial charge in [-0.3, -0.25) is 4.99 Å². The molecular weight excluding hydrogens is 290 g/mol. The van der Waals surface area contributed by atoms with Crippen LogP contribution in [-0.4, -0.2) is 44.3 Å². The summed E-state index contributed by atoms with van der Waals surface area (Å²) >= 11 is 0. The predicted molar refractivity (Wildman–Crippen MR) is 90.0 cm³/mol. The lowest BCUT2D eigenvalue weighted by molar-refractivity contribution is 0.456. The first kappa shape index (κ1) is 15.6. The monoisotopic (exact) mass is 315 g/mol. The van der Waals surface area contributed by atoms with E-state index >= 15 is 0 Å². The van der Waals surface area contributed by atoms with Gasteiger partial charge in [0.2, 0.25) is 0 Å². The van der Waals surface area contributed by atoms with Crippen LogP contribution in [0.3, 0.4) is 0 Å². The molecule has 7 heteroatoms. The molecular formula is C16H25N7. The van der Waals surface area contributed by atoms with Crippen LogP contribution in [0.4, 0.5) is 0 Å². The minimum Gasteiger partial charge on any atom is -0.353 e. The van der Waals surface area contributed by atoms with Crippen molar-refractivity contribution < 1.29 is 0 Å². The highest BCUT2D eigenvalue weighted by molar-refractivity contribution is 5.79. The SMILES string of the molecule is CN=C(NCc1nnc2n1CCCC2)N(C)Cc1cccn1C. The summed E-state index contributed by atoms with van der Waals surface area (Å²) in [5.74, 6) is 2.97. The zero-order valence-corrected chi connectivity index (χ0v) is 14.2. The number of aliphatic imine (C=N–C) groups is 1. The van der Waals surface area contributed by atoms with Gasteiger partial charge in [0.1, 0.15) is 5.82 Å². The van der Waals surface area contributed by atoms with E-state index in [0.29, 0.717) is 6.54 Å². The zero-order chi connectivity index (χ0) is 16.2. The van der Waals surface area contributed by atoms with Gasteiger partial charge in [0.05, 0.1) is 13.1 Å². The third kappa shape index (κ3) is 3.38. The average Bonchev–Trinajstić information content (AvgIpc) is 3.15. The minimum absolute atomic E-state index is 0.650. The lowest BCUT2D eigenvalue weighted by Gasteiger charge is -2.22. The average molecular weight is 315 g/mol. The van der Waals surface area contributed by atoms with Gasteiger partial charge >= 0.3 is 0 Å². The van der Waals surface area contributed by atoms with Crippen molar-refractivity contribution in [3.8, 4) is 0 Å². The molecule has 0 saturated heterocycles. The second-order valence-corrected chi connectivity index (χ2v) is 6.01. The molecule has 0 fully saturated rings. The Bertz CT molecular complexity index is 682. The normalized spacial score (nSPS) is 14.7. The molecule has 2 aromatic rings. The molecule has 124 valence electrons. The molecule has 1 N–H and O–H groups in total. The molecule has 2 aromatic heterocycles. The van der Waals surface area contributed by atoms with Gasteiger partial charge in [0.15, 0.2) is 11.8 Å². The van der Waals surface area contributed by atoms with Crippen molar-refractivity contribution in [2.45, 2.75) is 38.9 Å². The highest BCUT2D eigenvalue weighted by Gasteiger charge is 2.16. The Morgan fingerprint density at radius 1 is 1.39 bits per heavy atom. The number of fused-ring (bicyclic) bond motifs is 1. The standard InChI is InChI=1S/C16H25N7/c1-17-16(22(3)12-13-7-6-9-21(13)2)18-11-15-20-19-14-8-4-5-10-23(14)15/h6-7,9H,4-5,8,10-12H2,1-3H3,(H,17,18).